The largest absolute Gasteiger partial charge is 0.507 e. The van der Waals surface area contributed by atoms with E-state index in [-0.39, 0.29) is 11.6 Å². The van der Waals surface area contributed by atoms with Crippen molar-refractivity contribution in [3.05, 3.63) is 29.4 Å². The quantitative estimate of drug-likeness (QED) is 0.376. The molecular weight excluding hydrogens is 410 g/mol. The van der Waals surface area contributed by atoms with Crippen LogP contribution in [0.4, 0.5) is 5.82 Å². The summed E-state index contributed by atoms with van der Waals surface area (Å²) in [6.45, 7) is 3.42. The number of aryl methyl sites for hydroxylation is 1. The van der Waals surface area contributed by atoms with E-state index in [0.29, 0.717) is 70.7 Å². The molecule has 0 fully saturated rings. The van der Waals surface area contributed by atoms with Gasteiger partial charge in [-0.05, 0) is 48.4 Å². The van der Waals surface area contributed by atoms with Crippen LogP contribution in [0.2, 0.25) is 5.02 Å². The van der Waals surface area contributed by atoms with Crippen molar-refractivity contribution in [3.8, 4) is 34.3 Å². The van der Waals surface area contributed by atoms with Gasteiger partial charge in [-0.2, -0.15) is 0 Å². The van der Waals surface area contributed by atoms with Gasteiger partial charge in [-0.15, -0.1) is 0 Å². The van der Waals surface area contributed by atoms with Gasteiger partial charge in [-0.3, -0.25) is 0 Å². The SMILES string of the molecule is CCn1c(-c2nonc2N)nc2c(-c3cc(Cl)ccc3O)ncc(OCCCN)c21. The van der Waals surface area contributed by atoms with E-state index in [2.05, 4.69) is 15.3 Å². The number of rotatable bonds is 7. The van der Waals surface area contributed by atoms with E-state index in [1.165, 1.54) is 6.07 Å². The summed E-state index contributed by atoms with van der Waals surface area (Å²) in [6, 6.07) is 4.73. The molecule has 11 heteroatoms. The Labute approximate surface area is 176 Å². The molecule has 0 saturated heterocycles. The molecule has 0 spiro atoms. The number of benzene rings is 1. The zero-order chi connectivity index (χ0) is 21.3. The van der Waals surface area contributed by atoms with Crippen LogP contribution in [0.5, 0.6) is 11.5 Å². The minimum atomic E-state index is 0.0280. The number of hydrogen-bond donors (Lipinski definition) is 3. The third-order valence-corrected chi connectivity index (χ3v) is 4.83. The van der Waals surface area contributed by atoms with E-state index in [1.54, 1.807) is 18.3 Å². The predicted molar refractivity (Wildman–Crippen MR) is 112 cm³/mol. The molecule has 4 rings (SSSR count). The number of imidazole rings is 1. The summed E-state index contributed by atoms with van der Waals surface area (Å²) in [7, 11) is 0. The molecule has 30 heavy (non-hydrogen) atoms. The Balaban J connectivity index is 2.01. The number of fused-ring (bicyclic) bond motifs is 1. The summed E-state index contributed by atoms with van der Waals surface area (Å²) in [5, 5.41) is 18.4. The first-order valence-corrected chi connectivity index (χ1v) is 9.72. The molecule has 4 aromatic rings. The zero-order valence-corrected chi connectivity index (χ0v) is 16.9. The molecule has 0 aliphatic carbocycles. The highest BCUT2D eigenvalue weighted by Crippen LogP contribution is 2.39. The van der Waals surface area contributed by atoms with Crippen LogP contribution in [0, 0.1) is 0 Å². The third-order valence-electron chi connectivity index (χ3n) is 4.60. The number of aromatic hydroxyl groups is 1. The molecule has 0 unspecified atom stereocenters. The van der Waals surface area contributed by atoms with Gasteiger partial charge in [0.15, 0.2) is 23.1 Å². The normalized spacial score (nSPS) is 11.3. The van der Waals surface area contributed by atoms with Crippen LogP contribution >= 0.6 is 11.6 Å². The van der Waals surface area contributed by atoms with Gasteiger partial charge in [0.25, 0.3) is 0 Å². The molecule has 3 aromatic heterocycles. The molecule has 0 saturated carbocycles. The van der Waals surface area contributed by atoms with E-state index in [9.17, 15) is 5.11 Å². The van der Waals surface area contributed by atoms with Crippen LogP contribution in [0.15, 0.2) is 29.0 Å². The highest BCUT2D eigenvalue weighted by molar-refractivity contribution is 6.31. The lowest BCUT2D eigenvalue weighted by molar-refractivity contribution is 0.310. The van der Waals surface area contributed by atoms with Crippen molar-refractivity contribution in [2.24, 2.45) is 5.73 Å². The molecule has 0 bridgehead atoms. The number of nitrogen functional groups attached to an aromatic ring is 1. The maximum atomic E-state index is 10.4. The lowest BCUT2D eigenvalue weighted by Crippen LogP contribution is -2.08. The molecule has 0 aliphatic heterocycles. The molecule has 156 valence electrons. The molecule has 10 nitrogen and oxygen atoms in total. The average Bonchev–Trinajstić information content (AvgIpc) is 3.33. The van der Waals surface area contributed by atoms with Gasteiger partial charge >= 0.3 is 0 Å². The van der Waals surface area contributed by atoms with Crippen molar-refractivity contribution in [2.75, 3.05) is 18.9 Å². The first kappa shape index (κ1) is 19.9. The standard InChI is InChI=1S/C19H20ClN7O3/c1-2-27-17-13(29-7-3-6-21)9-23-14(11-8-10(20)4-5-12(11)28)15(17)24-19(27)16-18(22)26-30-25-16/h4-5,8-9,28H,2-3,6-7,21H2,1H3,(H2,22,26). The number of phenols is 1. The number of hydrogen-bond acceptors (Lipinski definition) is 9. The summed E-state index contributed by atoms with van der Waals surface area (Å²) in [5.74, 6) is 1.12. The maximum absolute atomic E-state index is 10.4. The fourth-order valence-electron chi connectivity index (χ4n) is 3.22. The monoisotopic (exact) mass is 429 g/mol. The van der Waals surface area contributed by atoms with Crippen LogP contribution in [0.1, 0.15) is 13.3 Å². The fourth-order valence-corrected chi connectivity index (χ4v) is 3.39. The number of halogens is 1. The number of nitrogens with zero attached hydrogens (tertiary/aromatic N) is 5. The van der Waals surface area contributed by atoms with Gasteiger partial charge in [0.1, 0.15) is 22.5 Å². The number of nitrogens with two attached hydrogens (primary N) is 2. The Morgan fingerprint density at radius 2 is 2.10 bits per heavy atom. The van der Waals surface area contributed by atoms with E-state index in [1.807, 2.05) is 11.5 Å². The first-order chi connectivity index (χ1) is 14.5. The molecule has 5 N–H and O–H groups in total. The second kappa shape index (κ2) is 8.17. The Morgan fingerprint density at radius 1 is 1.27 bits per heavy atom. The minimum absolute atomic E-state index is 0.0280. The first-order valence-electron chi connectivity index (χ1n) is 9.34. The number of pyridine rings is 1. The summed E-state index contributed by atoms with van der Waals surface area (Å²) in [5.41, 5.74) is 13.9. The molecule has 1 aromatic carbocycles. The number of anilines is 1. The number of aromatic nitrogens is 5. The van der Waals surface area contributed by atoms with Crippen LogP contribution in [-0.2, 0) is 6.54 Å². The Morgan fingerprint density at radius 3 is 2.80 bits per heavy atom. The van der Waals surface area contributed by atoms with Gasteiger partial charge in [-0.25, -0.2) is 14.6 Å². The van der Waals surface area contributed by atoms with Gasteiger partial charge in [0, 0.05) is 17.1 Å². The Hall–Kier alpha value is -3.37. The van der Waals surface area contributed by atoms with Crippen molar-refractivity contribution in [1.29, 1.82) is 0 Å². The lowest BCUT2D eigenvalue weighted by Gasteiger charge is -2.12. The van der Waals surface area contributed by atoms with Crippen LogP contribution in [0.3, 0.4) is 0 Å². The zero-order valence-electron chi connectivity index (χ0n) is 16.2. The minimum Gasteiger partial charge on any atom is -0.507 e. The average molecular weight is 430 g/mol. The fraction of sp³-hybridized carbons (Fsp3) is 0.263. The number of ether oxygens (including phenoxy) is 1. The molecule has 0 aliphatic rings. The van der Waals surface area contributed by atoms with Crippen molar-refractivity contribution in [1.82, 2.24) is 24.8 Å². The lowest BCUT2D eigenvalue weighted by atomic mass is 10.1. The highest BCUT2D eigenvalue weighted by Gasteiger charge is 2.24. The van der Waals surface area contributed by atoms with Gasteiger partial charge in [0.2, 0.25) is 0 Å². The number of phenolic OH excluding ortho intramolecular Hbond substituents is 1. The van der Waals surface area contributed by atoms with Gasteiger partial charge < -0.3 is 25.9 Å². The van der Waals surface area contributed by atoms with Crippen molar-refractivity contribution >= 4 is 28.5 Å². The van der Waals surface area contributed by atoms with E-state index in [0.717, 1.165) is 0 Å². The summed E-state index contributed by atoms with van der Waals surface area (Å²) < 4.78 is 12.6. The van der Waals surface area contributed by atoms with Crippen LogP contribution < -0.4 is 16.2 Å². The molecule has 3 heterocycles. The van der Waals surface area contributed by atoms with Crippen molar-refractivity contribution in [2.45, 2.75) is 19.9 Å². The predicted octanol–water partition coefficient (Wildman–Crippen LogP) is 2.84. The highest BCUT2D eigenvalue weighted by atomic mass is 35.5. The van der Waals surface area contributed by atoms with E-state index in [4.69, 9.17) is 37.4 Å². The summed E-state index contributed by atoms with van der Waals surface area (Å²) in [6.07, 6.45) is 2.28. The van der Waals surface area contributed by atoms with E-state index >= 15 is 0 Å². The van der Waals surface area contributed by atoms with Gasteiger partial charge in [0.05, 0.1) is 12.8 Å². The summed E-state index contributed by atoms with van der Waals surface area (Å²) >= 11 is 6.15. The second-order valence-electron chi connectivity index (χ2n) is 6.50. The summed E-state index contributed by atoms with van der Waals surface area (Å²) in [4.78, 5) is 9.23. The van der Waals surface area contributed by atoms with E-state index < -0.39 is 0 Å². The Kier molecular flexibility index (Phi) is 5.42. The van der Waals surface area contributed by atoms with Crippen molar-refractivity contribution in [3.63, 3.8) is 0 Å². The van der Waals surface area contributed by atoms with Crippen molar-refractivity contribution < 1.29 is 14.5 Å². The second-order valence-corrected chi connectivity index (χ2v) is 6.93. The molecule has 0 amide bonds. The smallest absolute Gasteiger partial charge is 0.199 e. The molecule has 0 atom stereocenters. The topological polar surface area (TPSA) is 151 Å². The maximum Gasteiger partial charge on any atom is 0.199 e. The Bertz CT molecular complexity index is 1200. The third kappa shape index (κ3) is 3.40. The van der Waals surface area contributed by atoms with Crippen LogP contribution in [0.25, 0.3) is 33.8 Å². The van der Waals surface area contributed by atoms with Gasteiger partial charge in [-0.1, -0.05) is 11.6 Å². The molecule has 0 radical (unpaired) electrons. The van der Waals surface area contributed by atoms with Crippen LogP contribution in [-0.4, -0.2) is 43.1 Å². The molecular formula is C19H20ClN7O3.